The molecule has 152 valence electrons. The Bertz CT molecular complexity index is 891. The summed E-state index contributed by atoms with van der Waals surface area (Å²) in [4.78, 5) is 17.5. The standard InChI is InChI=1S/C21H23N3O4S/c1-28-14-9-7-13(8-10-14)23-21-24-17-18(26)16(25)11-15(19(17)29-21)20(27)22-12-5-3-2-4-6-12/h2-10,15-19,25-26H,11H2,1H3,(H,22,27)(H,23,24). The number of rotatable bonds is 4. The number of ether oxygens (including phenoxy) is 1. The summed E-state index contributed by atoms with van der Waals surface area (Å²) in [6.45, 7) is 0. The Labute approximate surface area is 173 Å². The second kappa shape index (κ2) is 8.44. The van der Waals surface area contributed by atoms with Crippen molar-refractivity contribution in [2.75, 3.05) is 17.7 Å². The van der Waals surface area contributed by atoms with Crippen molar-refractivity contribution in [3.63, 3.8) is 0 Å². The van der Waals surface area contributed by atoms with E-state index >= 15 is 0 Å². The molecule has 1 aliphatic carbocycles. The van der Waals surface area contributed by atoms with Gasteiger partial charge >= 0.3 is 0 Å². The zero-order chi connectivity index (χ0) is 20.4. The van der Waals surface area contributed by atoms with Crippen LogP contribution in [0.2, 0.25) is 0 Å². The van der Waals surface area contributed by atoms with Gasteiger partial charge in [-0.3, -0.25) is 9.79 Å². The number of carbonyl (C=O) groups excluding carboxylic acids is 1. The molecular formula is C21H23N3O4S. The number of aliphatic imine (C=N–C) groups is 1. The van der Waals surface area contributed by atoms with Gasteiger partial charge in [0.15, 0.2) is 5.17 Å². The number of carbonyl (C=O) groups is 1. The number of fused-ring (bicyclic) bond motifs is 1. The maximum absolute atomic E-state index is 12.9. The average molecular weight is 413 g/mol. The number of benzene rings is 2. The van der Waals surface area contributed by atoms with Crippen molar-refractivity contribution in [1.29, 1.82) is 0 Å². The molecule has 0 bridgehead atoms. The Morgan fingerprint density at radius 2 is 1.83 bits per heavy atom. The maximum atomic E-state index is 12.9. The predicted octanol–water partition coefficient (Wildman–Crippen LogP) is 2.33. The predicted molar refractivity (Wildman–Crippen MR) is 114 cm³/mol. The van der Waals surface area contributed by atoms with Gasteiger partial charge in [-0.25, -0.2) is 0 Å². The maximum Gasteiger partial charge on any atom is 0.228 e. The molecular weight excluding hydrogens is 390 g/mol. The number of nitrogens with one attached hydrogen (secondary N) is 2. The number of anilines is 2. The minimum Gasteiger partial charge on any atom is -0.497 e. The van der Waals surface area contributed by atoms with Crippen LogP contribution in [0.25, 0.3) is 0 Å². The molecule has 8 heteroatoms. The summed E-state index contributed by atoms with van der Waals surface area (Å²) in [6.07, 6.45) is -1.80. The number of aliphatic hydroxyl groups excluding tert-OH is 2. The normalized spacial score (nSPS) is 28.2. The molecule has 29 heavy (non-hydrogen) atoms. The number of hydrogen-bond acceptors (Lipinski definition) is 7. The number of methoxy groups -OCH3 is 1. The van der Waals surface area contributed by atoms with Crippen LogP contribution in [-0.4, -0.2) is 51.9 Å². The molecule has 2 aliphatic rings. The molecule has 1 heterocycles. The highest BCUT2D eigenvalue weighted by molar-refractivity contribution is 8.15. The molecule has 2 aromatic rings. The van der Waals surface area contributed by atoms with Gasteiger partial charge < -0.3 is 25.6 Å². The first-order valence-electron chi connectivity index (χ1n) is 9.43. The molecule has 1 saturated carbocycles. The van der Waals surface area contributed by atoms with Gasteiger partial charge in [0.25, 0.3) is 0 Å². The van der Waals surface area contributed by atoms with Crippen molar-refractivity contribution in [1.82, 2.24) is 0 Å². The molecule has 5 unspecified atom stereocenters. The van der Waals surface area contributed by atoms with Crippen LogP contribution in [0.3, 0.4) is 0 Å². The fraction of sp³-hybridized carbons (Fsp3) is 0.333. The van der Waals surface area contributed by atoms with Gasteiger partial charge in [-0.1, -0.05) is 30.0 Å². The highest BCUT2D eigenvalue weighted by Gasteiger charge is 2.50. The highest BCUT2D eigenvalue weighted by atomic mass is 32.2. The van der Waals surface area contributed by atoms with E-state index in [0.717, 1.165) is 11.4 Å². The average Bonchev–Trinajstić information content (AvgIpc) is 3.16. The molecule has 7 nitrogen and oxygen atoms in total. The zero-order valence-electron chi connectivity index (χ0n) is 15.9. The summed E-state index contributed by atoms with van der Waals surface area (Å²) >= 11 is 1.43. The van der Waals surface area contributed by atoms with E-state index in [9.17, 15) is 15.0 Å². The number of nitrogens with zero attached hydrogens (tertiary/aromatic N) is 1. The van der Waals surface area contributed by atoms with Crippen molar-refractivity contribution in [3.05, 3.63) is 54.6 Å². The largest absolute Gasteiger partial charge is 0.497 e. The Kier molecular flexibility index (Phi) is 5.75. The first-order valence-corrected chi connectivity index (χ1v) is 10.3. The lowest BCUT2D eigenvalue weighted by Gasteiger charge is -2.37. The summed E-state index contributed by atoms with van der Waals surface area (Å²) in [5.41, 5.74) is 1.53. The fourth-order valence-corrected chi connectivity index (χ4v) is 5.04. The lowest BCUT2D eigenvalue weighted by atomic mass is 9.81. The fourth-order valence-electron chi connectivity index (χ4n) is 3.66. The SMILES string of the molecule is COc1ccc(NC2=NC3C(O)C(O)CC(C(=O)Nc4ccccc4)C3S2)cc1. The lowest BCUT2D eigenvalue weighted by molar-refractivity contribution is -0.124. The van der Waals surface area contributed by atoms with E-state index in [1.165, 1.54) is 11.8 Å². The highest BCUT2D eigenvalue weighted by Crippen LogP contribution is 2.41. The summed E-state index contributed by atoms with van der Waals surface area (Å²) < 4.78 is 5.16. The number of amidine groups is 1. The molecule has 1 aliphatic heterocycles. The molecule has 0 saturated heterocycles. The van der Waals surface area contributed by atoms with E-state index in [-0.39, 0.29) is 17.6 Å². The third kappa shape index (κ3) is 4.24. The smallest absolute Gasteiger partial charge is 0.228 e. The van der Waals surface area contributed by atoms with E-state index < -0.39 is 24.2 Å². The van der Waals surface area contributed by atoms with Gasteiger partial charge in [-0.05, 0) is 42.8 Å². The lowest BCUT2D eigenvalue weighted by Crippen LogP contribution is -2.52. The van der Waals surface area contributed by atoms with Crippen molar-refractivity contribution in [3.8, 4) is 5.75 Å². The Balaban J connectivity index is 1.49. The molecule has 2 aromatic carbocycles. The van der Waals surface area contributed by atoms with Crippen LogP contribution in [0.5, 0.6) is 5.75 Å². The quantitative estimate of drug-likeness (QED) is 0.614. The summed E-state index contributed by atoms with van der Waals surface area (Å²) in [7, 11) is 1.61. The van der Waals surface area contributed by atoms with E-state index in [4.69, 9.17) is 4.74 Å². The summed E-state index contributed by atoms with van der Waals surface area (Å²) in [5.74, 6) is 0.106. The van der Waals surface area contributed by atoms with Crippen molar-refractivity contribution < 1.29 is 19.7 Å². The molecule has 0 spiro atoms. The second-order valence-electron chi connectivity index (χ2n) is 7.12. The molecule has 1 amide bonds. The van der Waals surface area contributed by atoms with Gasteiger partial charge in [0.1, 0.15) is 11.9 Å². The van der Waals surface area contributed by atoms with Crippen molar-refractivity contribution >= 4 is 34.2 Å². The first kappa shape index (κ1) is 19.8. The monoisotopic (exact) mass is 413 g/mol. The molecule has 4 rings (SSSR count). The van der Waals surface area contributed by atoms with E-state index in [1.54, 1.807) is 7.11 Å². The van der Waals surface area contributed by atoms with Crippen LogP contribution in [0.1, 0.15) is 6.42 Å². The van der Waals surface area contributed by atoms with Crippen LogP contribution in [0, 0.1) is 5.92 Å². The van der Waals surface area contributed by atoms with Gasteiger partial charge in [-0.2, -0.15) is 0 Å². The number of hydrogen-bond donors (Lipinski definition) is 4. The molecule has 5 atom stereocenters. The topological polar surface area (TPSA) is 103 Å². The van der Waals surface area contributed by atoms with Crippen LogP contribution >= 0.6 is 11.8 Å². The summed E-state index contributed by atoms with van der Waals surface area (Å²) in [6, 6.07) is 16.1. The Morgan fingerprint density at radius 1 is 1.10 bits per heavy atom. The third-order valence-electron chi connectivity index (χ3n) is 5.21. The second-order valence-corrected chi connectivity index (χ2v) is 8.28. The minimum absolute atomic E-state index is 0.175. The van der Waals surface area contributed by atoms with Gasteiger partial charge in [0.2, 0.25) is 5.91 Å². The third-order valence-corrected chi connectivity index (χ3v) is 6.52. The Morgan fingerprint density at radius 3 is 2.52 bits per heavy atom. The van der Waals surface area contributed by atoms with E-state index in [0.29, 0.717) is 10.9 Å². The first-order chi connectivity index (χ1) is 14.0. The van der Waals surface area contributed by atoms with E-state index in [2.05, 4.69) is 15.6 Å². The van der Waals surface area contributed by atoms with Crippen molar-refractivity contribution in [2.45, 2.75) is 29.9 Å². The van der Waals surface area contributed by atoms with Crippen LogP contribution in [0.15, 0.2) is 59.6 Å². The van der Waals surface area contributed by atoms with Gasteiger partial charge in [0.05, 0.1) is 25.2 Å². The number of aliphatic hydroxyl groups is 2. The molecule has 0 aromatic heterocycles. The minimum atomic E-state index is -0.997. The molecule has 4 N–H and O–H groups in total. The molecule has 1 fully saturated rings. The van der Waals surface area contributed by atoms with E-state index in [1.807, 2.05) is 54.6 Å². The van der Waals surface area contributed by atoms with Crippen molar-refractivity contribution in [2.24, 2.45) is 10.9 Å². The van der Waals surface area contributed by atoms with Gasteiger partial charge in [0, 0.05) is 16.6 Å². The van der Waals surface area contributed by atoms with Crippen LogP contribution in [0.4, 0.5) is 11.4 Å². The van der Waals surface area contributed by atoms with Crippen LogP contribution < -0.4 is 15.4 Å². The number of amides is 1. The summed E-state index contributed by atoms with van der Waals surface area (Å²) in [5, 5.41) is 27.2. The van der Waals surface area contributed by atoms with Crippen LogP contribution in [-0.2, 0) is 4.79 Å². The van der Waals surface area contributed by atoms with Gasteiger partial charge in [-0.15, -0.1) is 0 Å². The zero-order valence-corrected chi connectivity index (χ0v) is 16.7. The molecule has 0 radical (unpaired) electrons. The number of para-hydroxylation sites is 1. The Hall–Kier alpha value is -2.55. The number of thioether (sulfide) groups is 1.